The second kappa shape index (κ2) is 5.65. The average molecular weight is 336 g/mol. The lowest BCUT2D eigenvalue weighted by molar-refractivity contribution is -0.122. The molecule has 0 saturated carbocycles. The molecule has 0 aliphatic heterocycles. The molecule has 5 N–H and O–H groups in total. The van der Waals surface area contributed by atoms with Crippen LogP contribution in [0.3, 0.4) is 0 Å². The van der Waals surface area contributed by atoms with E-state index < -0.39 is 21.5 Å². The maximum Gasteiger partial charge on any atom is 0.243 e. The van der Waals surface area contributed by atoms with Crippen LogP contribution >= 0.6 is 23.8 Å². The molecular formula is C11H14ClN3O3S2. The van der Waals surface area contributed by atoms with Crippen LogP contribution in [0, 0.1) is 0 Å². The summed E-state index contributed by atoms with van der Waals surface area (Å²) < 4.78 is 26.7. The zero-order valence-electron chi connectivity index (χ0n) is 10.8. The van der Waals surface area contributed by atoms with Crippen LogP contribution in [0.15, 0.2) is 23.1 Å². The van der Waals surface area contributed by atoms with E-state index >= 15 is 0 Å². The van der Waals surface area contributed by atoms with Crippen LogP contribution in [0.1, 0.15) is 19.4 Å². The molecule has 0 aliphatic rings. The summed E-state index contributed by atoms with van der Waals surface area (Å²) in [4.78, 5) is 11.0. The van der Waals surface area contributed by atoms with Crippen molar-refractivity contribution in [3.05, 3.63) is 28.8 Å². The number of nitrogens with one attached hydrogen (secondary N) is 1. The number of rotatable bonds is 5. The summed E-state index contributed by atoms with van der Waals surface area (Å²) in [5.74, 6) is -0.817. The van der Waals surface area contributed by atoms with E-state index in [0.29, 0.717) is 5.56 Å². The maximum atomic E-state index is 12.3. The molecule has 9 heteroatoms. The van der Waals surface area contributed by atoms with Gasteiger partial charge in [-0.15, -0.1) is 0 Å². The molecule has 0 fully saturated rings. The zero-order chi connectivity index (χ0) is 15.7. The van der Waals surface area contributed by atoms with Gasteiger partial charge in [0.15, 0.2) is 0 Å². The molecule has 0 unspecified atom stereocenters. The quantitative estimate of drug-likeness (QED) is 0.678. The van der Waals surface area contributed by atoms with Gasteiger partial charge in [0.05, 0.1) is 5.02 Å². The van der Waals surface area contributed by atoms with Crippen LogP contribution in [0.2, 0.25) is 5.02 Å². The molecule has 1 amide bonds. The first-order valence-electron chi connectivity index (χ1n) is 5.40. The number of nitrogens with two attached hydrogens (primary N) is 2. The Hall–Kier alpha value is -1.22. The van der Waals surface area contributed by atoms with Gasteiger partial charge in [0.25, 0.3) is 0 Å². The zero-order valence-corrected chi connectivity index (χ0v) is 13.2. The molecule has 0 aromatic heterocycles. The van der Waals surface area contributed by atoms with Crippen molar-refractivity contribution in [1.29, 1.82) is 0 Å². The minimum absolute atomic E-state index is 0.0160. The topological polar surface area (TPSA) is 115 Å². The van der Waals surface area contributed by atoms with Crippen molar-refractivity contribution in [3.63, 3.8) is 0 Å². The average Bonchev–Trinajstić information content (AvgIpc) is 2.27. The van der Waals surface area contributed by atoms with E-state index in [4.69, 9.17) is 35.3 Å². The number of benzene rings is 1. The Morgan fingerprint density at radius 3 is 2.35 bits per heavy atom. The smallest absolute Gasteiger partial charge is 0.243 e. The Morgan fingerprint density at radius 1 is 1.35 bits per heavy atom. The fourth-order valence-corrected chi connectivity index (χ4v) is 3.34. The standard InChI is InChI=1S/C11H14ClN3O3S2/c1-11(2,10(14)16)15-20(17,18)8-5-6(9(13)19)3-4-7(8)12/h3-5,15H,1-2H3,(H2,13,19)(H2,14,16). The number of halogens is 1. The second-order valence-electron chi connectivity index (χ2n) is 4.60. The normalized spacial score (nSPS) is 12.2. The molecule has 0 heterocycles. The Bertz CT molecular complexity index is 671. The molecule has 1 aromatic carbocycles. The Kier molecular flexibility index (Phi) is 4.75. The summed E-state index contributed by atoms with van der Waals surface area (Å²) >= 11 is 10.7. The van der Waals surface area contributed by atoms with E-state index in [2.05, 4.69) is 4.72 Å². The minimum atomic E-state index is -4.05. The van der Waals surface area contributed by atoms with E-state index in [-0.39, 0.29) is 14.9 Å². The van der Waals surface area contributed by atoms with E-state index in [1.165, 1.54) is 32.0 Å². The van der Waals surface area contributed by atoms with Gasteiger partial charge in [-0.25, -0.2) is 8.42 Å². The third-order valence-corrected chi connectivity index (χ3v) is 4.88. The summed E-state index contributed by atoms with van der Waals surface area (Å²) in [5.41, 5.74) is 9.47. The van der Waals surface area contributed by atoms with Crippen molar-refractivity contribution in [3.8, 4) is 0 Å². The highest BCUT2D eigenvalue weighted by Crippen LogP contribution is 2.24. The molecule has 1 rings (SSSR count). The third kappa shape index (κ3) is 3.66. The van der Waals surface area contributed by atoms with Crippen LogP contribution in [-0.2, 0) is 14.8 Å². The lowest BCUT2D eigenvalue weighted by atomic mass is 10.1. The van der Waals surface area contributed by atoms with Crippen molar-refractivity contribution in [2.45, 2.75) is 24.3 Å². The van der Waals surface area contributed by atoms with Gasteiger partial charge in [0.1, 0.15) is 15.4 Å². The first-order valence-corrected chi connectivity index (χ1v) is 7.67. The highest BCUT2D eigenvalue weighted by atomic mass is 35.5. The molecule has 0 aliphatic carbocycles. The van der Waals surface area contributed by atoms with Gasteiger partial charge >= 0.3 is 0 Å². The van der Waals surface area contributed by atoms with E-state index in [1.807, 2.05) is 0 Å². The van der Waals surface area contributed by atoms with Crippen LogP contribution in [-0.4, -0.2) is 24.9 Å². The Balaban J connectivity index is 3.32. The molecule has 6 nitrogen and oxygen atoms in total. The molecule has 0 bridgehead atoms. The lowest BCUT2D eigenvalue weighted by Crippen LogP contribution is -2.52. The largest absolute Gasteiger partial charge is 0.389 e. The molecular weight excluding hydrogens is 322 g/mol. The number of thiocarbonyl (C=S) groups is 1. The second-order valence-corrected chi connectivity index (χ2v) is 7.10. The fraction of sp³-hybridized carbons (Fsp3) is 0.273. The monoisotopic (exact) mass is 335 g/mol. The molecule has 0 atom stereocenters. The maximum absolute atomic E-state index is 12.3. The summed E-state index contributed by atoms with van der Waals surface area (Å²) in [6.45, 7) is 2.69. The van der Waals surface area contributed by atoms with Gasteiger partial charge in [0.2, 0.25) is 15.9 Å². The SMILES string of the molecule is CC(C)(NS(=O)(=O)c1cc(C(N)=S)ccc1Cl)C(N)=O. The van der Waals surface area contributed by atoms with Crippen molar-refractivity contribution < 1.29 is 13.2 Å². The summed E-state index contributed by atoms with van der Waals surface area (Å²) in [7, 11) is -4.05. The molecule has 0 spiro atoms. The highest BCUT2D eigenvalue weighted by Gasteiger charge is 2.32. The molecule has 0 radical (unpaired) electrons. The molecule has 20 heavy (non-hydrogen) atoms. The number of sulfonamides is 1. The number of carbonyl (C=O) groups excluding carboxylic acids is 1. The van der Waals surface area contributed by atoms with Gasteiger partial charge in [0, 0.05) is 5.56 Å². The van der Waals surface area contributed by atoms with Gasteiger partial charge < -0.3 is 11.5 Å². The molecule has 1 aromatic rings. The van der Waals surface area contributed by atoms with Crippen LogP contribution in [0.5, 0.6) is 0 Å². The summed E-state index contributed by atoms with van der Waals surface area (Å²) in [6, 6.07) is 4.11. The number of hydrogen-bond acceptors (Lipinski definition) is 4. The Morgan fingerprint density at radius 2 is 1.90 bits per heavy atom. The number of primary amides is 1. The number of carbonyl (C=O) groups is 1. The van der Waals surface area contributed by atoms with Gasteiger partial charge in [-0.3, -0.25) is 4.79 Å². The van der Waals surface area contributed by atoms with Gasteiger partial charge in [-0.2, -0.15) is 4.72 Å². The van der Waals surface area contributed by atoms with Crippen molar-refractivity contribution in [1.82, 2.24) is 4.72 Å². The lowest BCUT2D eigenvalue weighted by Gasteiger charge is -2.22. The third-order valence-electron chi connectivity index (χ3n) is 2.51. The molecule has 110 valence electrons. The summed E-state index contributed by atoms with van der Waals surface area (Å²) in [5, 5.41) is -0.0160. The van der Waals surface area contributed by atoms with Crippen LogP contribution < -0.4 is 16.2 Å². The van der Waals surface area contributed by atoms with Crippen LogP contribution in [0.4, 0.5) is 0 Å². The predicted molar refractivity (Wildman–Crippen MR) is 80.9 cm³/mol. The fourth-order valence-electron chi connectivity index (χ4n) is 1.30. The summed E-state index contributed by atoms with van der Waals surface area (Å²) in [6.07, 6.45) is 0. The number of amides is 1. The van der Waals surface area contributed by atoms with Crippen molar-refractivity contribution >= 4 is 44.7 Å². The number of hydrogen-bond donors (Lipinski definition) is 3. The first kappa shape index (κ1) is 16.8. The van der Waals surface area contributed by atoms with E-state index in [9.17, 15) is 13.2 Å². The first-order chi connectivity index (χ1) is 8.97. The van der Waals surface area contributed by atoms with Gasteiger partial charge in [-0.05, 0) is 26.0 Å². The predicted octanol–water partition coefficient (Wildman–Crippen LogP) is 0.516. The van der Waals surface area contributed by atoms with E-state index in [1.54, 1.807) is 0 Å². The highest BCUT2D eigenvalue weighted by molar-refractivity contribution is 7.89. The van der Waals surface area contributed by atoms with E-state index in [0.717, 1.165) is 0 Å². The Labute approximate surface area is 127 Å². The van der Waals surface area contributed by atoms with Crippen LogP contribution in [0.25, 0.3) is 0 Å². The van der Waals surface area contributed by atoms with Gasteiger partial charge in [-0.1, -0.05) is 29.9 Å². The van der Waals surface area contributed by atoms with Crippen molar-refractivity contribution in [2.24, 2.45) is 11.5 Å². The molecule has 0 saturated heterocycles. The minimum Gasteiger partial charge on any atom is -0.389 e. The van der Waals surface area contributed by atoms with Crippen molar-refractivity contribution in [2.75, 3.05) is 0 Å².